The molecule has 2 amide bonds. The molecule has 0 unspecified atom stereocenters. The van der Waals surface area contributed by atoms with Gasteiger partial charge in [0, 0.05) is 37.9 Å². The Kier molecular flexibility index (Phi) is 5.72. The molecule has 1 saturated heterocycles. The molecule has 0 saturated carbocycles. The Bertz CT molecular complexity index is 889. The molecule has 0 aliphatic carbocycles. The number of para-hydroxylation sites is 1. The number of amides is 2. The van der Waals surface area contributed by atoms with Gasteiger partial charge in [-0.15, -0.1) is 0 Å². The number of rotatable bonds is 5. The molecule has 3 rings (SSSR count). The van der Waals surface area contributed by atoms with Crippen molar-refractivity contribution in [2.75, 3.05) is 26.2 Å². The molecular formula is C19H19F2N3O4. The van der Waals surface area contributed by atoms with Crippen molar-refractivity contribution in [2.45, 2.75) is 13.5 Å². The van der Waals surface area contributed by atoms with Crippen LogP contribution in [0.1, 0.15) is 38.1 Å². The van der Waals surface area contributed by atoms with E-state index in [-0.39, 0.29) is 49.2 Å². The first-order valence-corrected chi connectivity index (χ1v) is 8.68. The van der Waals surface area contributed by atoms with E-state index in [9.17, 15) is 23.2 Å². The topological polar surface area (TPSA) is 82.7 Å². The second-order valence-corrected chi connectivity index (χ2v) is 6.32. The number of Topliss-reactive ketones (excluding diaryl/α,β-unsaturated/α-hetero) is 1. The summed E-state index contributed by atoms with van der Waals surface area (Å²) in [6.45, 7) is -0.517. The van der Waals surface area contributed by atoms with E-state index in [0.29, 0.717) is 11.3 Å². The Labute approximate surface area is 159 Å². The van der Waals surface area contributed by atoms with Crippen molar-refractivity contribution in [3.8, 4) is 5.75 Å². The van der Waals surface area contributed by atoms with Crippen LogP contribution >= 0.6 is 0 Å². The zero-order valence-corrected chi connectivity index (χ0v) is 15.2. The number of ketones is 1. The number of benzene rings is 1. The summed E-state index contributed by atoms with van der Waals surface area (Å²) in [7, 11) is 0. The molecule has 1 aliphatic heterocycles. The summed E-state index contributed by atoms with van der Waals surface area (Å²) in [6, 6.07) is 7.33. The van der Waals surface area contributed by atoms with Crippen molar-refractivity contribution in [3.63, 3.8) is 0 Å². The smallest absolute Gasteiger partial charge is 0.387 e. The Morgan fingerprint density at radius 2 is 1.64 bits per heavy atom. The third kappa shape index (κ3) is 4.19. The fourth-order valence-corrected chi connectivity index (χ4v) is 3.02. The lowest BCUT2D eigenvalue weighted by Gasteiger charge is -2.34. The zero-order valence-electron chi connectivity index (χ0n) is 15.2. The minimum Gasteiger partial charge on any atom is -0.434 e. The maximum Gasteiger partial charge on any atom is 0.387 e. The monoisotopic (exact) mass is 391 g/mol. The lowest BCUT2D eigenvalue weighted by atomic mass is 10.1. The molecule has 2 aromatic rings. The average molecular weight is 391 g/mol. The SMILES string of the molecule is CC(=O)c1c[nH]c(C(=O)N2CCN(C(=O)c3ccccc3OC(F)F)CC2)c1. The van der Waals surface area contributed by atoms with Gasteiger partial charge in [0.1, 0.15) is 11.4 Å². The lowest BCUT2D eigenvalue weighted by Crippen LogP contribution is -2.50. The number of alkyl halides is 2. The predicted octanol–water partition coefficient (Wildman–Crippen LogP) is 2.42. The highest BCUT2D eigenvalue weighted by atomic mass is 19.3. The molecule has 1 aliphatic rings. The van der Waals surface area contributed by atoms with Crippen molar-refractivity contribution >= 4 is 17.6 Å². The van der Waals surface area contributed by atoms with Crippen LogP contribution in [0.3, 0.4) is 0 Å². The summed E-state index contributed by atoms with van der Waals surface area (Å²) in [4.78, 5) is 42.4. The van der Waals surface area contributed by atoms with E-state index in [1.165, 1.54) is 42.3 Å². The van der Waals surface area contributed by atoms with Crippen LogP contribution in [0.5, 0.6) is 5.75 Å². The second-order valence-electron chi connectivity index (χ2n) is 6.32. The number of hydrogen-bond donors (Lipinski definition) is 1. The molecule has 2 heterocycles. The highest BCUT2D eigenvalue weighted by Gasteiger charge is 2.28. The van der Waals surface area contributed by atoms with Gasteiger partial charge in [-0.25, -0.2) is 0 Å². The Hall–Kier alpha value is -3.23. The van der Waals surface area contributed by atoms with Crippen molar-refractivity contribution < 1.29 is 27.9 Å². The van der Waals surface area contributed by atoms with E-state index in [1.807, 2.05) is 0 Å². The number of carbonyl (C=O) groups excluding carboxylic acids is 3. The summed E-state index contributed by atoms with van der Waals surface area (Å²) in [5.74, 6) is -1.01. The Morgan fingerprint density at radius 3 is 2.21 bits per heavy atom. The number of H-pyrrole nitrogens is 1. The number of aromatic amines is 1. The molecule has 0 radical (unpaired) electrons. The first kappa shape index (κ1) is 19.5. The quantitative estimate of drug-likeness (QED) is 0.794. The molecule has 1 N–H and O–H groups in total. The number of piperazine rings is 1. The maximum absolute atomic E-state index is 12.7. The average Bonchev–Trinajstić information content (AvgIpc) is 3.17. The third-order valence-corrected chi connectivity index (χ3v) is 4.51. The number of aromatic nitrogens is 1. The number of nitrogens with one attached hydrogen (secondary N) is 1. The normalized spacial score (nSPS) is 14.3. The largest absolute Gasteiger partial charge is 0.434 e. The Morgan fingerprint density at radius 1 is 1.04 bits per heavy atom. The van der Waals surface area contributed by atoms with Gasteiger partial charge in [0.15, 0.2) is 5.78 Å². The summed E-state index contributed by atoms with van der Waals surface area (Å²) < 4.78 is 29.5. The molecule has 1 aromatic heterocycles. The van der Waals surface area contributed by atoms with E-state index in [2.05, 4.69) is 9.72 Å². The van der Waals surface area contributed by atoms with Crippen LogP contribution in [-0.2, 0) is 0 Å². The van der Waals surface area contributed by atoms with Crippen LogP contribution in [0.4, 0.5) is 8.78 Å². The van der Waals surface area contributed by atoms with Gasteiger partial charge in [0.25, 0.3) is 11.8 Å². The fraction of sp³-hybridized carbons (Fsp3) is 0.316. The first-order valence-electron chi connectivity index (χ1n) is 8.68. The van der Waals surface area contributed by atoms with Crippen molar-refractivity contribution in [2.24, 2.45) is 0 Å². The molecular weight excluding hydrogens is 372 g/mol. The van der Waals surface area contributed by atoms with Gasteiger partial charge >= 0.3 is 6.61 Å². The lowest BCUT2D eigenvalue weighted by molar-refractivity contribution is -0.0503. The zero-order chi connectivity index (χ0) is 20.3. The van der Waals surface area contributed by atoms with Crippen molar-refractivity contribution in [1.29, 1.82) is 0 Å². The number of hydrogen-bond acceptors (Lipinski definition) is 4. The summed E-state index contributed by atoms with van der Waals surface area (Å²) >= 11 is 0. The molecule has 1 aromatic carbocycles. The number of halogens is 2. The van der Waals surface area contributed by atoms with Gasteiger partial charge in [-0.3, -0.25) is 14.4 Å². The second kappa shape index (κ2) is 8.20. The van der Waals surface area contributed by atoms with Gasteiger partial charge in [-0.1, -0.05) is 12.1 Å². The molecule has 0 bridgehead atoms. The van der Waals surface area contributed by atoms with Crippen LogP contribution in [0.25, 0.3) is 0 Å². The molecule has 0 atom stereocenters. The highest BCUT2D eigenvalue weighted by Crippen LogP contribution is 2.22. The number of nitrogens with zero attached hydrogens (tertiary/aromatic N) is 2. The van der Waals surface area contributed by atoms with Crippen LogP contribution < -0.4 is 4.74 Å². The summed E-state index contributed by atoms with van der Waals surface area (Å²) in [6.07, 6.45) is 1.48. The van der Waals surface area contributed by atoms with Crippen LogP contribution in [-0.4, -0.2) is 65.2 Å². The molecule has 9 heteroatoms. The van der Waals surface area contributed by atoms with Gasteiger partial charge < -0.3 is 19.5 Å². The van der Waals surface area contributed by atoms with E-state index >= 15 is 0 Å². The molecule has 0 spiro atoms. The van der Waals surface area contributed by atoms with E-state index in [4.69, 9.17) is 0 Å². The fourth-order valence-electron chi connectivity index (χ4n) is 3.02. The summed E-state index contributed by atoms with van der Waals surface area (Å²) in [5, 5.41) is 0. The number of carbonyl (C=O) groups is 3. The van der Waals surface area contributed by atoms with Crippen molar-refractivity contribution in [3.05, 3.63) is 53.3 Å². The minimum absolute atomic E-state index is 0.0537. The van der Waals surface area contributed by atoms with Gasteiger partial charge in [0.05, 0.1) is 5.56 Å². The third-order valence-electron chi connectivity index (χ3n) is 4.51. The highest BCUT2D eigenvalue weighted by molar-refractivity contribution is 5.99. The molecule has 148 valence electrons. The van der Waals surface area contributed by atoms with Gasteiger partial charge in [-0.05, 0) is 25.1 Å². The van der Waals surface area contributed by atoms with Crippen LogP contribution in [0.2, 0.25) is 0 Å². The van der Waals surface area contributed by atoms with E-state index in [0.717, 1.165) is 0 Å². The van der Waals surface area contributed by atoms with Crippen LogP contribution in [0, 0.1) is 0 Å². The predicted molar refractivity (Wildman–Crippen MR) is 95.7 cm³/mol. The summed E-state index contributed by atoms with van der Waals surface area (Å²) in [5.41, 5.74) is 0.784. The van der Waals surface area contributed by atoms with E-state index < -0.39 is 12.5 Å². The van der Waals surface area contributed by atoms with Crippen LogP contribution in [0.15, 0.2) is 36.5 Å². The van der Waals surface area contributed by atoms with Crippen molar-refractivity contribution in [1.82, 2.24) is 14.8 Å². The maximum atomic E-state index is 12.7. The van der Waals surface area contributed by atoms with Gasteiger partial charge in [0.2, 0.25) is 0 Å². The minimum atomic E-state index is -3.02. The van der Waals surface area contributed by atoms with E-state index in [1.54, 1.807) is 11.0 Å². The number of ether oxygens (including phenoxy) is 1. The molecule has 7 nitrogen and oxygen atoms in total. The Balaban J connectivity index is 1.64. The van der Waals surface area contributed by atoms with Gasteiger partial charge in [-0.2, -0.15) is 8.78 Å². The molecule has 28 heavy (non-hydrogen) atoms. The first-order chi connectivity index (χ1) is 13.4. The molecule has 1 fully saturated rings. The standard InChI is InChI=1S/C19H19F2N3O4/c1-12(25)13-10-15(22-11-13)18(27)24-8-6-23(7-9-24)17(26)14-4-2-3-5-16(14)28-19(20)21/h2-5,10-11,19,22H,6-9H2,1H3.